The Morgan fingerprint density at radius 3 is 2.00 bits per heavy atom. The molecular weight excluding hydrogens is 116 g/mol. The predicted molar refractivity (Wildman–Crippen MR) is 38.0 cm³/mol. The minimum Gasteiger partial charge on any atom is -0.365 e. The van der Waals surface area contributed by atoms with Crippen LogP contribution in [0.4, 0.5) is 0 Å². The lowest BCUT2D eigenvalue weighted by atomic mass is 10.5. The van der Waals surface area contributed by atoms with Crippen molar-refractivity contribution in [3.05, 3.63) is 0 Å². The summed E-state index contributed by atoms with van der Waals surface area (Å²) in [5.41, 5.74) is 0. The number of nitrogens with zero attached hydrogens (tertiary/aromatic N) is 1. The van der Waals surface area contributed by atoms with Crippen molar-refractivity contribution < 1.29 is 5.11 Å². The molecule has 0 saturated carbocycles. The summed E-state index contributed by atoms with van der Waals surface area (Å²) in [5, 5.41) is 11.9. The van der Waals surface area contributed by atoms with Gasteiger partial charge in [-0.1, -0.05) is 13.8 Å². The molecular formula is C6H16N2O. The number of aliphatic hydroxyl groups excluding tert-OH is 1. The molecule has 0 aromatic carbocycles. The van der Waals surface area contributed by atoms with E-state index in [0.717, 1.165) is 13.1 Å². The first-order chi connectivity index (χ1) is 4.26. The molecule has 0 aliphatic rings. The second-order valence-electron chi connectivity index (χ2n) is 1.88. The van der Waals surface area contributed by atoms with E-state index in [0.29, 0.717) is 0 Å². The van der Waals surface area contributed by atoms with Gasteiger partial charge >= 0.3 is 0 Å². The molecule has 1 atom stereocenters. The summed E-state index contributed by atoms with van der Waals surface area (Å²) >= 11 is 0. The third-order valence-electron chi connectivity index (χ3n) is 1.42. The zero-order valence-corrected chi connectivity index (χ0v) is 6.39. The largest absolute Gasteiger partial charge is 0.365 e. The zero-order chi connectivity index (χ0) is 7.28. The monoisotopic (exact) mass is 132 g/mol. The second-order valence-corrected chi connectivity index (χ2v) is 1.88. The molecule has 0 heterocycles. The fourth-order valence-electron chi connectivity index (χ4n) is 0.752. The van der Waals surface area contributed by atoms with Gasteiger partial charge in [0, 0.05) is 0 Å². The molecule has 0 saturated heterocycles. The summed E-state index contributed by atoms with van der Waals surface area (Å²) in [5.74, 6) is 0. The van der Waals surface area contributed by atoms with Crippen LogP contribution >= 0.6 is 0 Å². The summed E-state index contributed by atoms with van der Waals surface area (Å²) in [6.45, 7) is 5.78. The van der Waals surface area contributed by atoms with Crippen LogP contribution in [0.2, 0.25) is 0 Å². The quantitative estimate of drug-likeness (QED) is 0.521. The number of hydrogen-bond acceptors (Lipinski definition) is 3. The summed E-state index contributed by atoms with van der Waals surface area (Å²) in [6, 6.07) is 0. The van der Waals surface area contributed by atoms with Crippen molar-refractivity contribution in [3.8, 4) is 0 Å². The van der Waals surface area contributed by atoms with Gasteiger partial charge in [-0.15, -0.1) is 0 Å². The molecule has 2 N–H and O–H groups in total. The van der Waals surface area contributed by atoms with Gasteiger partial charge < -0.3 is 5.11 Å². The van der Waals surface area contributed by atoms with Crippen molar-refractivity contribution in [3.63, 3.8) is 0 Å². The predicted octanol–water partition coefficient (Wildman–Crippen LogP) is -0.177. The van der Waals surface area contributed by atoms with Crippen LogP contribution in [-0.2, 0) is 0 Å². The number of nitrogens with one attached hydrogen (secondary N) is 1. The Morgan fingerprint density at radius 2 is 1.89 bits per heavy atom. The molecule has 0 aromatic rings. The molecule has 0 radical (unpaired) electrons. The average Bonchev–Trinajstić information content (AvgIpc) is 1.90. The summed E-state index contributed by atoms with van der Waals surface area (Å²) < 4.78 is 0. The first-order valence-corrected chi connectivity index (χ1v) is 3.35. The summed E-state index contributed by atoms with van der Waals surface area (Å²) in [6.07, 6.45) is -0.486. The van der Waals surface area contributed by atoms with Crippen molar-refractivity contribution in [2.45, 2.75) is 20.2 Å². The lowest BCUT2D eigenvalue weighted by Crippen LogP contribution is -2.43. The van der Waals surface area contributed by atoms with E-state index < -0.39 is 6.35 Å². The normalized spacial score (nSPS) is 14.3. The Kier molecular flexibility index (Phi) is 4.67. The summed E-state index contributed by atoms with van der Waals surface area (Å²) in [7, 11) is 1.74. The van der Waals surface area contributed by atoms with Gasteiger partial charge in [0.1, 0.15) is 0 Å². The van der Waals surface area contributed by atoms with Crippen LogP contribution in [-0.4, -0.2) is 36.5 Å². The van der Waals surface area contributed by atoms with E-state index in [1.807, 2.05) is 18.7 Å². The Bertz CT molecular complexity index is 64.1. The van der Waals surface area contributed by atoms with Gasteiger partial charge in [-0.2, -0.15) is 0 Å². The van der Waals surface area contributed by atoms with Crippen molar-refractivity contribution >= 4 is 0 Å². The van der Waals surface area contributed by atoms with E-state index in [-0.39, 0.29) is 0 Å². The van der Waals surface area contributed by atoms with Gasteiger partial charge in [0.2, 0.25) is 0 Å². The molecule has 0 amide bonds. The van der Waals surface area contributed by atoms with Crippen LogP contribution in [0.15, 0.2) is 0 Å². The van der Waals surface area contributed by atoms with Gasteiger partial charge in [-0.3, -0.25) is 10.2 Å². The van der Waals surface area contributed by atoms with Crippen LogP contribution in [0.1, 0.15) is 13.8 Å². The molecule has 1 unspecified atom stereocenters. The Balaban J connectivity index is 3.50. The Hall–Kier alpha value is -0.120. The maximum atomic E-state index is 9.13. The van der Waals surface area contributed by atoms with Crippen molar-refractivity contribution in [2.75, 3.05) is 20.1 Å². The fraction of sp³-hybridized carbons (Fsp3) is 1.00. The van der Waals surface area contributed by atoms with Gasteiger partial charge in [0.05, 0.1) is 0 Å². The van der Waals surface area contributed by atoms with Crippen LogP contribution in [0.3, 0.4) is 0 Å². The lowest BCUT2D eigenvalue weighted by molar-refractivity contribution is -0.00989. The van der Waals surface area contributed by atoms with E-state index in [1.54, 1.807) is 7.05 Å². The number of hydrogen-bond donors (Lipinski definition) is 2. The minimum absolute atomic E-state index is 0.486. The van der Waals surface area contributed by atoms with Crippen molar-refractivity contribution in [1.29, 1.82) is 0 Å². The van der Waals surface area contributed by atoms with Crippen LogP contribution < -0.4 is 5.32 Å². The molecule has 0 aliphatic carbocycles. The fourth-order valence-corrected chi connectivity index (χ4v) is 0.752. The first kappa shape index (κ1) is 8.88. The molecule has 9 heavy (non-hydrogen) atoms. The van der Waals surface area contributed by atoms with Gasteiger partial charge in [-0.25, -0.2) is 0 Å². The van der Waals surface area contributed by atoms with Crippen LogP contribution in [0, 0.1) is 0 Å². The number of aliphatic hydroxyl groups is 1. The second kappa shape index (κ2) is 4.73. The first-order valence-electron chi connectivity index (χ1n) is 3.35. The van der Waals surface area contributed by atoms with Crippen LogP contribution in [0.5, 0.6) is 0 Å². The van der Waals surface area contributed by atoms with E-state index in [9.17, 15) is 0 Å². The van der Waals surface area contributed by atoms with E-state index in [2.05, 4.69) is 5.32 Å². The third kappa shape index (κ3) is 2.79. The highest BCUT2D eigenvalue weighted by molar-refractivity contribution is 4.51. The molecule has 56 valence electrons. The smallest absolute Gasteiger partial charge is 0.162 e. The van der Waals surface area contributed by atoms with Gasteiger partial charge in [0.25, 0.3) is 0 Å². The molecule has 0 fully saturated rings. The molecule has 0 bridgehead atoms. The van der Waals surface area contributed by atoms with Crippen LogP contribution in [0.25, 0.3) is 0 Å². The highest BCUT2D eigenvalue weighted by atomic mass is 16.3. The maximum Gasteiger partial charge on any atom is 0.162 e. The lowest BCUT2D eigenvalue weighted by Gasteiger charge is -2.23. The average molecular weight is 132 g/mol. The number of rotatable bonds is 4. The summed E-state index contributed by atoms with van der Waals surface area (Å²) in [4.78, 5) is 1.92. The Morgan fingerprint density at radius 1 is 1.44 bits per heavy atom. The topological polar surface area (TPSA) is 35.5 Å². The highest BCUT2D eigenvalue weighted by Gasteiger charge is 2.06. The molecule has 0 aromatic heterocycles. The van der Waals surface area contributed by atoms with E-state index in [4.69, 9.17) is 5.11 Å². The molecule has 0 spiro atoms. The van der Waals surface area contributed by atoms with Crippen molar-refractivity contribution in [1.82, 2.24) is 10.2 Å². The molecule has 3 heteroatoms. The van der Waals surface area contributed by atoms with E-state index in [1.165, 1.54) is 0 Å². The molecule has 0 aliphatic heterocycles. The SMILES string of the molecule is CCN(CC)C(O)NC. The molecule has 0 rings (SSSR count). The molecule has 3 nitrogen and oxygen atoms in total. The standard InChI is InChI=1S/C6H16N2O/c1-4-8(5-2)6(9)7-3/h6-7,9H,4-5H2,1-3H3. The third-order valence-corrected chi connectivity index (χ3v) is 1.42. The minimum atomic E-state index is -0.486. The van der Waals surface area contributed by atoms with Gasteiger partial charge in [-0.05, 0) is 20.1 Å². The Labute approximate surface area is 56.7 Å². The zero-order valence-electron chi connectivity index (χ0n) is 6.39. The highest BCUT2D eigenvalue weighted by Crippen LogP contribution is 1.88. The maximum absolute atomic E-state index is 9.13. The van der Waals surface area contributed by atoms with E-state index >= 15 is 0 Å². The van der Waals surface area contributed by atoms with Gasteiger partial charge in [0.15, 0.2) is 6.35 Å². The van der Waals surface area contributed by atoms with Crippen molar-refractivity contribution in [2.24, 2.45) is 0 Å².